The molecule has 0 fully saturated rings. The van der Waals surface area contributed by atoms with Gasteiger partial charge in [-0.2, -0.15) is 0 Å². The molecule has 0 aromatic heterocycles. The van der Waals surface area contributed by atoms with Gasteiger partial charge < -0.3 is 0 Å². The molecule has 2 aromatic rings. The first-order valence-corrected chi connectivity index (χ1v) is 6.89. The van der Waals surface area contributed by atoms with Crippen molar-refractivity contribution in [2.75, 3.05) is 0 Å². The normalized spacial score (nSPS) is 11.8. The molecule has 0 radical (unpaired) electrons. The van der Waals surface area contributed by atoms with Crippen LogP contribution in [0.3, 0.4) is 0 Å². The van der Waals surface area contributed by atoms with Crippen LogP contribution in [0.2, 0.25) is 5.02 Å². The van der Waals surface area contributed by atoms with Gasteiger partial charge in [-0.05, 0) is 0 Å². The van der Waals surface area contributed by atoms with E-state index in [1.807, 2.05) is 47.0 Å². The zero-order chi connectivity index (χ0) is 14.5. The third-order valence-electron chi connectivity index (χ3n) is 2.84. The van der Waals surface area contributed by atoms with E-state index in [0.717, 1.165) is 5.56 Å². The standard InChI is InChI=1S/C15H13ClO3.Al/c1-10(15(17)18)11-7-12(16)9-14(8-11)19-13-5-3-2-4-6-13;/h2-10H,1H3,(H,17,18);/q;+3/p-1. The second kappa shape index (κ2) is 6.81. The van der Waals surface area contributed by atoms with Gasteiger partial charge in [0.25, 0.3) is 0 Å². The molecule has 0 N–H and O–H groups in total. The summed E-state index contributed by atoms with van der Waals surface area (Å²) in [5, 5.41) is 0.511. The van der Waals surface area contributed by atoms with Crippen LogP contribution in [0.5, 0.6) is 11.5 Å². The Hall–Kier alpha value is -1.47. The molecule has 5 heteroatoms. The Bertz CT molecular complexity index is 601. The number of halogens is 1. The average Bonchev–Trinajstić information content (AvgIpc) is 2.46. The van der Waals surface area contributed by atoms with Crippen molar-refractivity contribution < 1.29 is 13.3 Å². The Labute approximate surface area is 131 Å². The molecule has 0 aliphatic rings. The van der Waals surface area contributed by atoms with Gasteiger partial charge in [-0.1, -0.05) is 0 Å². The zero-order valence-corrected chi connectivity index (χ0v) is 12.8. The van der Waals surface area contributed by atoms with E-state index in [9.17, 15) is 4.79 Å². The number of benzene rings is 2. The second-order valence-corrected chi connectivity index (χ2v) is 4.97. The molecule has 0 bridgehead atoms. The van der Waals surface area contributed by atoms with E-state index in [0.29, 0.717) is 16.5 Å². The Balaban J connectivity index is 2.27. The van der Waals surface area contributed by atoms with Crippen molar-refractivity contribution in [3.8, 4) is 11.5 Å². The molecule has 3 nitrogen and oxygen atoms in total. The molecule has 0 aliphatic carbocycles. The number of ether oxygens (including phenoxy) is 1. The number of carbonyl (C=O) groups excluding carboxylic acids is 1. The quantitative estimate of drug-likeness (QED) is 0.804. The van der Waals surface area contributed by atoms with Gasteiger partial charge in [0, 0.05) is 0 Å². The predicted octanol–water partition coefficient (Wildman–Crippen LogP) is 3.86. The summed E-state index contributed by atoms with van der Waals surface area (Å²) < 4.78 is 10.4. The van der Waals surface area contributed by atoms with Crippen LogP contribution >= 0.6 is 11.6 Å². The van der Waals surface area contributed by atoms with Gasteiger partial charge >= 0.3 is 131 Å². The summed E-state index contributed by atoms with van der Waals surface area (Å²) in [4.78, 5) is 11.6. The molecule has 0 saturated heterocycles. The molecular weight excluding hydrogens is 291 g/mol. The van der Waals surface area contributed by atoms with Crippen molar-refractivity contribution >= 4 is 34.2 Å². The molecular formula is C15H12AlClO3+2. The first-order chi connectivity index (χ1) is 9.60. The molecule has 0 aliphatic heterocycles. The van der Waals surface area contributed by atoms with Crippen molar-refractivity contribution in [2.45, 2.75) is 12.8 Å². The summed E-state index contributed by atoms with van der Waals surface area (Å²) >= 11 is 8.03. The average molecular weight is 303 g/mol. The van der Waals surface area contributed by atoms with Crippen LogP contribution < -0.4 is 4.74 Å². The van der Waals surface area contributed by atoms with Crippen LogP contribution in [-0.2, 0) is 8.58 Å². The number of carbonyl (C=O) groups is 1. The number of hydrogen-bond donors (Lipinski definition) is 0. The minimum atomic E-state index is -0.413. The molecule has 2 rings (SSSR count). The van der Waals surface area contributed by atoms with Gasteiger partial charge in [-0.3, -0.25) is 0 Å². The molecule has 1 atom stereocenters. The van der Waals surface area contributed by atoms with Crippen molar-refractivity contribution in [2.24, 2.45) is 0 Å². The van der Waals surface area contributed by atoms with E-state index in [2.05, 4.69) is 3.79 Å². The van der Waals surface area contributed by atoms with Gasteiger partial charge in [0.2, 0.25) is 0 Å². The maximum absolute atomic E-state index is 11.6. The van der Waals surface area contributed by atoms with Gasteiger partial charge in [0.05, 0.1) is 0 Å². The van der Waals surface area contributed by atoms with Gasteiger partial charge in [0.15, 0.2) is 0 Å². The maximum atomic E-state index is 11.6. The van der Waals surface area contributed by atoms with Crippen LogP contribution in [0.4, 0.5) is 0 Å². The van der Waals surface area contributed by atoms with Crippen LogP contribution in [-0.4, -0.2) is 22.6 Å². The van der Waals surface area contributed by atoms with E-state index in [1.54, 1.807) is 25.1 Å². The number of hydrogen-bond acceptors (Lipinski definition) is 3. The number of para-hydroxylation sites is 1. The SMILES string of the molecule is CC(C(=O)[O][Al+2])c1cc(Cl)cc(Oc2ccccc2)c1. The fraction of sp³-hybridized carbons (Fsp3) is 0.133. The Morgan fingerprint density at radius 1 is 1.15 bits per heavy atom. The van der Waals surface area contributed by atoms with Crippen molar-refractivity contribution in [1.82, 2.24) is 0 Å². The van der Waals surface area contributed by atoms with Crippen LogP contribution in [0, 0.1) is 0 Å². The monoisotopic (exact) mass is 302 g/mol. The van der Waals surface area contributed by atoms with Crippen LogP contribution in [0.1, 0.15) is 18.4 Å². The molecule has 0 amide bonds. The van der Waals surface area contributed by atoms with E-state index in [-0.39, 0.29) is 5.97 Å². The van der Waals surface area contributed by atoms with Crippen molar-refractivity contribution in [3.63, 3.8) is 0 Å². The summed E-state index contributed by atoms with van der Waals surface area (Å²) in [5.74, 6) is 0.538. The Morgan fingerprint density at radius 3 is 2.50 bits per heavy atom. The molecule has 0 spiro atoms. The Morgan fingerprint density at radius 2 is 1.85 bits per heavy atom. The summed E-state index contributed by atoms with van der Waals surface area (Å²) in [6.45, 7) is 1.75. The molecule has 98 valence electrons. The van der Waals surface area contributed by atoms with Crippen molar-refractivity contribution in [1.29, 1.82) is 0 Å². The van der Waals surface area contributed by atoms with Gasteiger partial charge in [-0.15, -0.1) is 0 Å². The molecule has 1 unspecified atom stereocenters. The Kier molecular flexibility index (Phi) is 5.08. The summed E-state index contributed by atoms with van der Waals surface area (Å²) in [7, 11) is 0. The van der Waals surface area contributed by atoms with E-state index < -0.39 is 5.92 Å². The summed E-state index contributed by atoms with van der Waals surface area (Å²) in [6, 6.07) is 14.6. The van der Waals surface area contributed by atoms with E-state index in [4.69, 9.17) is 16.3 Å². The van der Waals surface area contributed by atoms with Crippen LogP contribution in [0.15, 0.2) is 48.5 Å². The molecule has 20 heavy (non-hydrogen) atoms. The molecule has 2 aromatic carbocycles. The summed E-state index contributed by atoms with van der Waals surface area (Å²) in [5.41, 5.74) is 0.746. The number of rotatable bonds is 4. The topological polar surface area (TPSA) is 35.5 Å². The zero-order valence-electron chi connectivity index (χ0n) is 10.9. The van der Waals surface area contributed by atoms with Gasteiger partial charge in [0.1, 0.15) is 0 Å². The first kappa shape index (κ1) is 14.9. The predicted molar refractivity (Wildman–Crippen MR) is 78.2 cm³/mol. The van der Waals surface area contributed by atoms with Gasteiger partial charge in [-0.25, -0.2) is 0 Å². The van der Waals surface area contributed by atoms with E-state index >= 15 is 0 Å². The molecule has 0 saturated carbocycles. The summed E-state index contributed by atoms with van der Waals surface area (Å²) in [6.07, 6.45) is 0. The fourth-order valence-electron chi connectivity index (χ4n) is 1.76. The first-order valence-electron chi connectivity index (χ1n) is 6.04. The van der Waals surface area contributed by atoms with Crippen LogP contribution in [0.25, 0.3) is 0 Å². The third kappa shape index (κ3) is 3.77. The van der Waals surface area contributed by atoms with Crippen molar-refractivity contribution in [3.05, 3.63) is 59.1 Å². The minimum absolute atomic E-state index is 0.345. The van der Waals surface area contributed by atoms with E-state index in [1.165, 1.54) is 0 Å². The fourth-order valence-corrected chi connectivity index (χ4v) is 2.19. The molecule has 0 heterocycles. The second-order valence-electron chi connectivity index (χ2n) is 4.29. The third-order valence-corrected chi connectivity index (χ3v) is 3.29.